The Bertz CT molecular complexity index is 684. The average Bonchev–Trinajstić information content (AvgIpc) is 2.84. The number of aromatic nitrogens is 2. The van der Waals surface area contributed by atoms with Crippen molar-refractivity contribution in [3.05, 3.63) is 59.9 Å². The molecule has 2 heterocycles. The molecule has 3 aromatic rings. The van der Waals surface area contributed by atoms with Crippen molar-refractivity contribution in [2.45, 2.75) is 20.3 Å². The maximum Gasteiger partial charge on any atom is 0.137 e. The Hall–Kier alpha value is -1.36. The lowest BCUT2D eigenvalue weighted by molar-refractivity contribution is 1.09. The molecule has 0 N–H and O–H groups in total. The third kappa shape index (κ3) is 2.66. The summed E-state index contributed by atoms with van der Waals surface area (Å²) in [5.74, 6) is 0. The summed E-state index contributed by atoms with van der Waals surface area (Å²) in [5.41, 5.74) is 5.78. The molecule has 3 rings (SSSR count). The van der Waals surface area contributed by atoms with Crippen LogP contribution in [-0.4, -0.2) is 9.38 Å². The van der Waals surface area contributed by atoms with Gasteiger partial charge in [-0.3, -0.25) is 0 Å². The van der Waals surface area contributed by atoms with Crippen molar-refractivity contribution in [2.75, 3.05) is 0 Å². The summed E-state index contributed by atoms with van der Waals surface area (Å²) in [5, 5.41) is 0. The van der Waals surface area contributed by atoms with E-state index in [-0.39, 0.29) is 24.0 Å². The Kier molecular flexibility index (Phi) is 4.24. The molecule has 0 radical (unpaired) electrons. The van der Waals surface area contributed by atoms with Gasteiger partial charge in [-0.1, -0.05) is 37.3 Å². The van der Waals surface area contributed by atoms with Crippen molar-refractivity contribution in [3.63, 3.8) is 0 Å². The van der Waals surface area contributed by atoms with E-state index in [4.69, 9.17) is 0 Å². The number of benzene rings is 1. The van der Waals surface area contributed by atoms with Crippen LogP contribution in [0.15, 0.2) is 48.7 Å². The van der Waals surface area contributed by atoms with Gasteiger partial charge in [-0.2, -0.15) is 0 Å². The fourth-order valence-electron chi connectivity index (χ4n) is 2.20. The van der Waals surface area contributed by atoms with Gasteiger partial charge >= 0.3 is 0 Å². The zero-order valence-electron chi connectivity index (χ0n) is 11.1. The number of imidazole rings is 1. The largest absolute Gasteiger partial charge is 0.304 e. The summed E-state index contributed by atoms with van der Waals surface area (Å²) in [4.78, 5) is 4.66. The molecule has 0 spiro atoms. The van der Waals surface area contributed by atoms with E-state index >= 15 is 0 Å². The second-order valence-corrected chi connectivity index (χ2v) is 4.57. The maximum absolute atomic E-state index is 4.66. The zero-order valence-corrected chi connectivity index (χ0v) is 13.5. The molecule has 0 bridgehead atoms. The molecule has 98 valence electrons. The van der Waals surface area contributed by atoms with Crippen LogP contribution in [0.1, 0.15) is 18.2 Å². The number of hydrogen-bond donors (Lipinski definition) is 0. The molecule has 1 aromatic carbocycles. The second kappa shape index (κ2) is 5.74. The molecule has 0 saturated heterocycles. The Balaban J connectivity index is 0.00000133. The van der Waals surface area contributed by atoms with Crippen LogP contribution in [0.25, 0.3) is 16.9 Å². The zero-order chi connectivity index (χ0) is 12.5. The molecule has 0 aliphatic carbocycles. The molecular formula is C16H17IN2. The van der Waals surface area contributed by atoms with Crippen LogP contribution in [0.3, 0.4) is 0 Å². The fourth-order valence-corrected chi connectivity index (χ4v) is 2.20. The van der Waals surface area contributed by atoms with Crippen molar-refractivity contribution in [2.24, 2.45) is 0 Å². The minimum Gasteiger partial charge on any atom is -0.304 e. The standard InChI is InChI=1S/C16H16N2.HI/c1-3-13-7-9-14(10-8-13)15-11-18-12(2)5-4-6-16(18)17-15;/h4-11H,3H2,1-2H3;1H. The van der Waals surface area contributed by atoms with E-state index in [1.165, 1.54) is 16.8 Å². The first kappa shape index (κ1) is 14.1. The van der Waals surface area contributed by atoms with Crippen molar-refractivity contribution in [1.82, 2.24) is 9.38 Å². The summed E-state index contributed by atoms with van der Waals surface area (Å²) < 4.78 is 2.13. The first-order chi connectivity index (χ1) is 8.78. The molecule has 0 saturated carbocycles. The maximum atomic E-state index is 4.66. The Labute approximate surface area is 130 Å². The van der Waals surface area contributed by atoms with Gasteiger partial charge in [0.1, 0.15) is 5.65 Å². The van der Waals surface area contributed by atoms with Gasteiger partial charge in [0.2, 0.25) is 0 Å². The molecular weight excluding hydrogens is 347 g/mol. The van der Waals surface area contributed by atoms with Crippen LogP contribution in [0, 0.1) is 6.92 Å². The molecule has 2 nitrogen and oxygen atoms in total. The van der Waals surface area contributed by atoms with Gasteiger partial charge in [-0.05, 0) is 31.0 Å². The van der Waals surface area contributed by atoms with E-state index in [1.807, 2.05) is 12.1 Å². The smallest absolute Gasteiger partial charge is 0.137 e. The number of nitrogens with zero attached hydrogens (tertiary/aromatic N) is 2. The average molecular weight is 364 g/mol. The number of fused-ring (bicyclic) bond motifs is 1. The highest BCUT2D eigenvalue weighted by atomic mass is 127. The summed E-state index contributed by atoms with van der Waals surface area (Å²) in [6.45, 7) is 4.27. The van der Waals surface area contributed by atoms with Gasteiger partial charge in [0.05, 0.1) is 5.69 Å². The molecule has 0 aliphatic heterocycles. The number of pyridine rings is 1. The van der Waals surface area contributed by atoms with E-state index in [0.29, 0.717) is 0 Å². The van der Waals surface area contributed by atoms with Crippen LogP contribution in [0.5, 0.6) is 0 Å². The van der Waals surface area contributed by atoms with Gasteiger partial charge in [-0.25, -0.2) is 4.98 Å². The molecule has 0 fully saturated rings. The van der Waals surface area contributed by atoms with E-state index < -0.39 is 0 Å². The lowest BCUT2D eigenvalue weighted by Gasteiger charge is -1.98. The lowest BCUT2D eigenvalue weighted by Crippen LogP contribution is -1.86. The topological polar surface area (TPSA) is 17.3 Å². The predicted molar refractivity (Wildman–Crippen MR) is 90.2 cm³/mol. The molecule has 0 amide bonds. The van der Waals surface area contributed by atoms with Gasteiger partial charge in [0.25, 0.3) is 0 Å². The lowest BCUT2D eigenvalue weighted by atomic mass is 10.1. The van der Waals surface area contributed by atoms with Crippen molar-refractivity contribution in [3.8, 4) is 11.3 Å². The second-order valence-electron chi connectivity index (χ2n) is 4.57. The van der Waals surface area contributed by atoms with E-state index in [1.54, 1.807) is 0 Å². The van der Waals surface area contributed by atoms with Crippen molar-refractivity contribution in [1.29, 1.82) is 0 Å². The number of halogens is 1. The summed E-state index contributed by atoms with van der Waals surface area (Å²) >= 11 is 0. The quantitative estimate of drug-likeness (QED) is 0.613. The van der Waals surface area contributed by atoms with Crippen LogP contribution in [0.2, 0.25) is 0 Å². The third-order valence-corrected chi connectivity index (χ3v) is 3.35. The highest BCUT2D eigenvalue weighted by Crippen LogP contribution is 2.20. The first-order valence-electron chi connectivity index (χ1n) is 6.32. The Morgan fingerprint density at radius 1 is 1.05 bits per heavy atom. The van der Waals surface area contributed by atoms with Gasteiger partial charge < -0.3 is 4.40 Å². The minimum absolute atomic E-state index is 0. The van der Waals surface area contributed by atoms with E-state index in [2.05, 4.69) is 59.8 Å². The Morgan fingerprint density at radius 2 is 1.79 bits per heavy atom. The molecule has 2 aromatic heterocycles. The highest BCUT2D eigenvalue weighted by molar-refractivity contribution is 14.0. The molecule has 0 aliphatic rings. The fraction of sp³-hybridized carbons (Fsp3) is 0.188. The molecule has 0 atom stereocenters. The summed E-state index contributed by atoms with van der Waals surface area (Å²) in [7, 11) is 0. The van der Waals surface area contributed by atoms with Gasteiger partial charge in [0.15, 0.2) is 0 Å². The van der Waals surface area contributed by atoms with E-state index in [0.717, 1.165) is 17.8 Å². The van der Waals surface area contributed by atoms with Crippen molar-refractivity contribution < 1.29 is 0 Å². The van der Waals surface area contributed by atoms with Gasteiger partial charge in [-0.15, -0.1) is 24.0 Å². The first-order valence-corrected chi connectivity index (χ1v) is 6.32. The number of aryl methyl sites for hydroxylation is 2. The van der Waals surface area contributed by atoms with Crippen LogP contribution >= 0.6 is 24.0 Å². The SMILES string of the molecule is CCc1ccc(-c2cn3c(C)cccc3n2)cc1.I. The van der Waals surface area contributed by atoms with E-state index in [9.17, 15) is 0 Å². The van der Waals surface area contributed by atoms with Crippen LogP contribution in [0.4, 0.5) is 0 Å². The highest BCUT2D eigenvalue weighted by Gasteiger charge is 2.05. The molecule has 19 heavy (non-hydrogen) atoms. The van der Waals surface area contributed by atoms with Gasteiger partial charge in [0, 0.05) is 17.5 Å². The predicted octanol–water partition coefficient (Wildman–Crippen LogP) is 4.49. The number of hydrogen-bond acceptors (Lipinski definition) is 1. The van der Waals surface area contributed by atoms with Crippen LogP contribution < -0.4 is 0 Å². The molecule has 3 heteroatoms. The van der Waals surface area contributed by atoms with Crippen LogP contribution in [-0.2, 0) is 6.42 Å². The minimum atomic E-state index is 0. The normalized spacial score (nSPS) is 10.4. The summed E-state index contributed by atoms with van der Waals surface area (Å²) in [6, 6.07) is 14.8. The monoisotopic (exact) mass is 364 g/mol. The molecule has 0 unspecified atom stereocenters. The van der Waals surface area contributed by atoms with Crippen molar-refractivity contribution >= 4 is 29.6 Å². The Morgan fingerprint density at radius 3 is 2.42 bits per heavy atom. The number of rotatable bonds is 2. The third-order valence-electron chi connectivity index (χ3n) is 3.35. The summed E-state index contributed by atoms with van der Waals surface area (Å²) in [6.07, 6.45) is 3.18.